The first-order chi connectivity index (χ1) is 23.1. The van der Waals surface area contributed by atoms with Crippen LogP contribution in [0.3, 0.4) is 0 Å². The third-order valence-corrected chi connectivity index (χ3v) is 9.09. The summed E-state index contributed by atoms with van der Waals surface area (Å²) in [4.78, 5) is 0. The maximum atomic E-state index is 4.03. The molecule has 0 aromatic heterocycles. The molecule has 0 radical (unpaired) electrons. The second-order valence-electron chi connectivity index (χ2n) is 12.4. The fourth-order valence-electron chi connectivity index (χ4n) is 6.41. The van der Waals surface area contributed by atoms with E-state index in [0.29, 0.717) is 0 Å². The highest BCUT2D eigenvalue weighted by molar-refractivity contribution is 5.59. The number of anilines is 1. The van der Waals surface area contributed by atoms with Gasteiger partial charge >= 0.3 is 0 Å². The summed E-state index contributed by atoms with van der Waals surface area (Å²) in [6, 6.07) is 61.0. The largest absolute Gasteiger partial charge is 0.378 e. The molecule has 0 fully saturated rings. The first kappa shape index (κ1) is 32.0. The Balaban J connectivity index is 1.46. The molecule has 3 N–H and O–H groups in total. The van der Waals surface area contributed by atoms with Crippen molar-refractivity contribution in [3.8, 4) is 0 Å². The van der Waals surface area contributed by atoms with E-state index in [9.17, 15) is 0 Å². The monoisotopic (exact) mass is 615 g/mol. The molecule has 0 saturated carbocycles. The average molecular weight is 616 g/mol. The molecule has 0 saturated heterocycles. The predicted octanol–water partition coefficient (Wildman–Crippen LogP) is 10.7. The van der Waals surface area contributed by atoms with Crippen LogP contribution < -0.4 is 16.0 Å². The lowest BCUT2D eigenvalue weighted by molar-refractivity contribution is 0.508. The van der Waals surface area contributed by atoms with Crippen molar-refractivity contribution in [3.63, 3.8) is 0 Å². The number of hydrogen-bond donors (Lipinski definition) is 3. The third kappa shape index (κ3) is 8.07. The normalized spacial score (nSPS) is 14.4. The van der Waals surface area contributed by atoms with E-state index in [2.05, 4.69) is 207 Å². The van der Waals surface area contributed by atoms with Crippen LogP contribution in [0.25, 0.3) is 0 Å². The van der Waals surface area contributed by atoms with Gasteiger partial charge in [0, 0.05) is 23.8 Å². The lowest BCUT2D eigenvalue weighted by Crippen LogP contribution is -2.28. The molecule has 0 spiro atoms. The molecule has 5 unspecified atom stereocenters. The molecule has 0 aliphatic rings. The van der Waals surface area contributed by atoms with Crippen molar-refractivity contribution in [2.24, 2.45) is 0 Å². The molecule has 6 aromatic rings. The quantitative estimate of drug-likeness (QED) is 0.121. The maximum Gasteiger partial charge on any atom is 0.0601 e. The van der Waals surface area contributed by atoms with Crippen LogP contribution in [0.2, 0.25) is 0 Å². The summed E-state index contributed by atoms with van der Waals surface area (Å²) < 4.78 is 0. The first-order valence-electron chi connectivity index (χ1n) is 16.7. The minimum atomic E-state index is -0.0557. The lowest BCUT2D eigenvalue weighted by atomic mass is 9.89. The van der Waals surface area contributed by atoms with Crippen molar-refractivity contribution >= 4 is 5.69 Å². The topological polar surface area (TPSA) is 36.1 Å². The van der Waals surface area contributed by atoms with Crippen LogP contribution in [-0.4, -0.2) is 0 Å². The van der Waals surface area contributed by atoms with E-state index in [-0.39, 0.29) is 30.2 Å². The fourth-order valence-corrected chi connectivity index (χ4v) is 6.41. The van der Waals surface area contributed by atoms with Crippen molar-refractivity contribution in [1.82, 2.24) is 10.6 Å². The molecule has 47 heavy (non-hydrogen) atoms. The second-order valence-corrected chi connectivity index (χ2v) is 12.4. The van der Waals surface area contributed by atoms with E-state index in [1.807, 2.05) is 0 Å². The van der Waals surface area contributed by atoms with Crippen LogP contribution in [0.5, 0.6) is 0 Å². The van der Waals surface area contributed by atoms with Gasteiger partial charge in [0.2, 0.25) is 0 Å². The average Bonchev–Trinajstić information content (AvgIpc) is 3.14. The molecule has 0 aliphatic heterocycles. The van der Waals surface area contributed by atoms with Crippen molar-refractivity contribution < 1.29 is 0 Å². The highest BCUT2D eigenvalue weighted by Crippen LogP contribution is 2.37. The Hall–Kier alpha value is -4.96. The Morgan fingerprint density at radius 2 is 0.702 bits per heavy atom. The van der Waals surface area contributed by atoms with Crippen molar-refractivity contribution in [1.29, 1.82) is 0 Å². The second kappa shape index (κ2) is 15.6. The van der Waals surface area contributed by atoms with Gasteiger partial charge in [0.1, 0.15) is 0 Å². The van der Waals surface area contributed by atoms with Crippen LogP contribution in [-0.2, 0) is 0 Å². The fraction of sp³-hybridized carbons (Fsp3) is 0.182. The van der Waals surface area contributed by atoms with E-state index in [0.717, 1.165) is 5.69 Å². The SMILES string of the molecule is CC(Nc1ccc(C(NC(C)c2ccccc2)c2ccccc2)cc1C(NC(C)c1ccccc1)c1ccccc1)c1ccccc1. The summed E-state index contributed by atoms with van der Waals surface area (Å²) in [5.41, 5.74) is 9.81. The zero-order chi connectivity index (χ0) is 32.4. The molecule has 6 aromatic carbocycles. The number of rotatable bonds is 13. The minimum absolute atomic E-state index is 0.00581. The van der Waals surface area contributed by atoms with Crippen molar-refractivity contribution in [2.45, 2.75) is 51.0 Å². The van der Waals surface area contributed by atoms with E-state index < -0.39 is 0 Å². The Labute approximate surface area is 280 Å². The summed E-state index contributed by atoms with van der Waals surface area (Å²) in [6.07, 6.45) is 0. The van der Waals surface area contributed by atoms with Crippen LogP contribution in [0, 0.1) is 0 Å². The molecular formula is C44H45N3. The van der Waals surface area contributed by atoms with E-state index in [4.69, 9.17) is 0 Å². The molecular weight excluding hydrogens is 571 g/mol. The van der Waals surface area contributed by atoms with Gasteiger partial charge in [-0.25, -0.2) is 0 Å². The van der Waals surface area contributed by atoms with Crippen LogP contribution in [0.15, 0.2) is 170 Å². The molecule has 0 heterocycles. The van der Waals surface area contributed by atoms with Crippen LogP contribution in [0.4, 0.5) is 5.69 Å². The Morgan fingerprint density at radius 3 is 1.15 bits per heavy atom. The smallest absolute Gasteiger partial charge is 0.0601 e. The number of nitrogens with one attached hydrogen (secondary N) is 3. The van der Waals surface area contributed by atoms with Crippen LogP contribution in [0.1, 0.15) is 89.9 Å². The van der Waals surface area contributed by atoms with Crippen LogP contribution >= 0.6 is 0 Å². The number of benzene rings is 6. The van der Waals surface area contributed by atoms with Gasteiger partial charge in [-0.15, -0.1) is 0 Å². The third-order valence-electron chi connectivity index (χ3n) is 9.09. The molecule has 236 valence electrons. The van der Waals surface area contributed by atoms with Gasteiger partial charge in [0.05, 0.1) is 12.1 Å². The summed E-state index contributed by atoms with van der Waals surface area (Å²) in [7, 11) is 0. The van der Waals surface area contributed by atoms with Gasteiger partial charge in [0.25, 0.3) is 0 Å². The summed E-state index contributed by atoms with van der Waals surface area (Å²) in [5.74, 6) is 0. The Morgan fingerprint density at radius 1 is 0.340 bits per heavy atom. The van der Waals surface area contributed by atoms with Gasteiger partial charge in [-0.3, -0.25) is 10.6 Å². The van der Waals surface area contributed by atoms with E-state index >= 15 is 0 Å². The zero-order valence-electron chi connectivity index (χ0n) is 27.6. The Bertz CT molecular complexity index is 1790. The molecule has 5 atom stereocenters. The lowest BCUT2D eigenvalue weighted by Gasteiger charge is -2.30. The molecule has 0 bridgehead atoms. The highest BCUT2D eigenvalue weighted by atomic mass is 15.0. The van der Waals surface area contributed by atoms with E-state index in [1.165, 1.54) is 38.9 Å². The molecule has 3 nitrogen and oxygen atoms in total. The Kier molecular flexibility index (Phi) is 10.6. The first-order valence-corrected chi connectivity index (χ1v) is 16.7. The molecule has 6 rings (SSSR count). The molecule has 0 aliphatic carbocycles. The predicted molar refractivity (Wildman–Crippen MR) is 197 cm³/mol. The minimum Gasteiger partial charge on any atom is -0.378 e. The molecule has 0 amide bonds. The van der Waals surface area contributed by atoms with Gasteiger partial charge in [0.15, 0.2) is 0 Å². The van der Waals surface area contributed by atoms with Gasteiger partial charge in [-0.05, 0) is 71.8 Å². The standard InChI is InChI=1S/C44H45N3/c1-32(35-19-9-4-10-20-35)45-42-30-29-40(43(38-25-15-7-16-26-38)46-33(2)36-21-11-5-12-22-36)31-41(42)44(39-27-17-8-18-28-39)47-34(3)37-23-13-6-14-24-37/h4-34,43-47H,1-3H3. The summed E-state index contributed by atoms with van der Waals surface area (Å²) in [5, 5.41) is 11.9. The highest BCUT2D eigenvalue weighted by Gasteiger charge is 2.25. The van der Waals surface area contributed by atoms with Gasteiger partial charge < -0.3 is 5.32 Å². The van der Waals surface area contributed by atoms with Gasteiger partial charge in [-0.1, -0.05) is 158 Å². The molecule has 3 heteroatoms. The maximum absolute atomic E-state index is 4.03. The summed E-state index contributed by atoms with van der Waals surface area (Å²) in [6.45, 7) is 6.74. The number of hydrogen-bond acceptors (Lipinski definition) is 3. The van der Waals surface area contributed by atoms with Crippen molar-refractivity contribution in [3.05, 3.63) is 209 Å². The zero-order valence-corrected chi connectivity index (χ0v) is 27.6. The van der Waals surface area contributed by atoms with Crippen molar-refractivity contribution in [2.75, 3.05) is 5.32 Å². The van der Waals surface area contributed by atoms with E-state index in [1.54, 1.807) is 0 Å². The van der Waals surface area contributed by atoms with Gasteiger partial charge in [-0.2, -0.15) is 0 Å². The summed E-state index contributed by atoms with van der Waals surface area (Å²) >= 11 is 0.